The van der Waals surface area contributed by atoms with E-state index in [2.05, 4.69) is 22.2 Å². The van der Waals surface area contributed by atoms with E-state index in [1.54, 1.807) is 18.2 Å². The Morgan fingerprint density at radius 1 is 1.24 bits per heavy atom. The number of amides is 1. The van der Waals surface area contributed by atoms with Crippen molar-refractivity contribution in [3.8, 4) is 0 Å². The fraction of sp³-hybridized carbons (Fsp3) is 0.200. The van der Waals surface area contributed by atoms with Crippen LogP contribution in [0.2, 0.25) is 0 Å². The average molecular weight is 301 g/mol. The number of H-pyrrole nitrogens is 2. The van der Waals surface area contributed by atoms with Gasteiger partial charge in [0.2, 0.25) is 0 Å². The lowest BCUT2D eigenvalue weighted by Gasteiger charge is -2.03. The predicted molar refractivity (Wildman–Crippen MR) is 85.3 cm³/mol. The summed E-state index contributed by atoms with van der Waals surface area (Å²) in [5, 5.41) is 2.86. The number of carbonyl (C=O) groups is 1. The van der Waals surface area contributed by atoms with Crippen molar-refractivity contribution in [2.24, 2.45) is 0 Å². The summed E-state index contributed by atoms with van der Waals surface area (Å²) in [5.41, 5.74) is 3.00. The van der Waals surface area contributed by atoms with Crippen molar-refractivity contribution >= 4 is 34.0 Å². The first-order valence-corrected chi connectivity index (χ1v) is 7.51. The first-order chi connectivity index (χ1) is 10.1. The summed E-state index contributed by atoms with van der Waals surface area (Å²) in [5.74, 6) is -0.125. The molecule has 0 atom stereocenters. The van der Waals surface area contributed by atoms with Gasteiger partial charge < -0.3 is 15.3 Å². The fourth-order valence-electron chi connectivity index (χ4n) is 2.29. The smallest absolute Gasteiger partial charge is 0.321 e. The van der Waals surface area contributed by atoms with Gasteiger partial charge in [0.25, 0.3) is 5.91 Å². The molecule has 0 radical (unpaired) electrons. The minimum Gasteiger partial charge on any atom is -0.321 e. The molecule has 0 bridgehead atoms. The molecule has 2 aromatic heterocycles. The van der Waals surface area contributed by atoms with Crippen LogP contribution in [0.3, 0.4) is 0 Å². The van der Waals surface area contributed by atoms with Gasteiger partial charge in [0.15, 0.2) is 0 Å². The number of thiophene rings is 1. The Kier molecular flexibility index (Phi) is 3.39. The van der Waals surface area contributed by atoms with E-state index in [1.807, 2.05) is 13.0 Å². The lowest BCUT2D eigenvalue weighted by atomic mass is 10.2. The van der Waals surface area contributed by atoms with E-state index in [4.69, 9.17) is 0 Å². The van der Waals surface area contributed by atoms with E-state index in [-0.39, 0.29) is 11.6 Å². The molecule has 0 saturated heterocycles. The van der Waals surface area contributed by atoms with Crippen LogP contribution in [0.4, 0.5) is 5.69 Å². The highest BCUT2D eigenvalue weighted by molar-refractivity contribution is 7.14. The zero-order chi connectivity index (χ0) is 15.0. The molecule has 0 fully saturated rings. The summed E-state index contributed by atoms with van der Waals surface area (Å²) in [6.07, 6.45) is 0.923. The van der Waals surface area contributed by atoms with Crippen LogP contribution in [-0.2, 0) is 6.42 Å². The second-order valence-corrected chi connectivity index (χ2v) is 6.10. The van der Waals surface area contributed by atoms with Gasteiger partial charge >= 0.3 is 5.69 Å². The molecular formula is C15H15N3O2S. The Morgan fingerprint density at radius 2 is 2.00 bits per heavy atom. The van der Waals surface area contributed by atoms with Crippen molar-refractivity contribution in [3.63, 3.8) is 0 Å². The third-order valence-corrected chi connectivity index (χ3v) is 4.49. The number of nitrogens with one attached hydrogen (secondary N) is 3. The van der Waals surface area contributed by atoms with E-state index in [1.165, 1.54) is 21.8 Å². The molecule has 5 nitrogen and oxygen atoms in total. The third-order valence-electron chi connectivity index (χ3n) is 3.40. The van der Waals surface area contributed by atoms with Crippen LogP contribution < -0.4 is 11.0 Å². The maximum absolute atomic E-state index is 12.3. The van der Waals surface area contributed by atoms with E-state index in [0.29, 0.717) is 16.1 Å². The molecule has 0 saturated carbocycles. The number of hydrogen-bond acceptors (Lipinski definition) is 3. The number of fused-ring (bicyclic) bond motifs is 1. The van der Waals surface area contributed by atoms with Crippen molar-refractivity contribution < 1.29 is 4.79 Å². The van der Waals surface area contributed by atoms with Crippen LogP contribution in [-0.4, -0.2) is 15.9 Å². The quantitative estimate of drug-likeness (QED) is 0.695. The number of carbonyl (C=O) groups excluding carboxylic acids is 1. The first kappa shape index (κ1) is 13.6. The molecule has 1 amide bonds. The Labute approximate surface area is 125 Å². The van der Waals surface area contributed by atoms with Gasteiger partial charge in [0.1, 0.15) is 0 Å². The summed E-state index contributed by atoms with van der Waals surface area (Å²) in [6, 6.07) is 7.21. The summed E-state index contributed by atoms with van der Waals surface area (Å²) >= 11 is 1.50. The van der Waals surface area contributed by atoms with Crippen LogP contribution in [0.1, 0.15) is 27.0 Å². The Balaban J connectivity index is 1.86. The van der Waals surface area contributed by atoms with Gasteiger partial charge in [-0.15, -0.1) is 11.3 Å². The molecular weight excluding hydrogens is 286 g/mol. The standard InChI is InChI=1S/C15H15N3O2S/c1-3-9-6-13(21-8(9)2)14(19)16-10-4-5-11-12(7-10)18-15(20)17-11/h4-7H,3H2,1-2H3,(H,16,19)(H2,17,18,20). The maximum Gasteiger partial charge on any atom is 0.323 e. The molecule has 3 aromatic rings. The van der Waals surface area contributed by atoms with Gasteiger partial charge in [0.05, 0.1) is 15.9 Å². The van der Waals surface area contributed by atoms with Crippen LogP contribution >= 0.6 is 11.3 Å². The molecule has 3 N–H and O–H groups in total. The number of benzene rings is 1. The topological polar surface area (TPSA) is 77.8 Å². The molecule has 0 aliphatic carbocycles. The zero-order valence-corrected chi connectivity index (χ0v) is 12.6. The molecule has 0 spiro atoms. The molecule has 21 heavy (non-hydrogen) atoms. The van der Waals surface area contributed by atoms with Crippen LogP contribution in [0, 0.1) is 6.92 Å². The second-order valence-electron chi connectivity index (χ2n) is 4.84. The summed E-state index contributed by atoms with van der Waals surface area (Å²) < 4.78 is 0. The molecule has 2 heterocycles. The molecule has 0 aliphatic heterocycles. The molecule has 108 valence electrons. The van der Waals surface area contributed by atoms with Gasteiger partial charge in [-0.1, -0.05) is 6.92 Å². The number of anilines is 1. The number of aromatic nitrogens is 2. The van der Waals surface area contributed by atoms with Gasteiger partial charge in [-0.25, -0.2) is 4.79 Å². The van der Waals surface area contributed by atoms with E-state index in [9.17, 15) is 9.59 Å². The second kappa shape index (κ2) is 5.21. The maximum atomic E-state index is 12.3. The van der Waals surface area contributed by atoms with Gasteiger partial charge in [0, 0.05) is 10.6 Å². The normalized spacial score (nSPS) is 11.0. The number of rotatable bonds is 3. The van der Waals surface area contributed by atoms with Crippen molar-refractivity contribution in [1.82, 2.24) is 9.97 Å². The third kappa shape index (κ3) is 2.62. The zero-order valence-electron chi connectivity index (χ0n) is 11.7. The highest BCUT2D eigenvalue weighted by Crippen LogP contribution is 2.23. The highest BCUT2D eigenvalue weighted by Gasteiger charge is 2.12. The van der Waals surface area contributed by atoms with E-state index in [0.717, 1.165) is 11.9 Å². The van der Waals surface area contributed by atoms with Crippen molar-refractivity contribution in [2.75, 3.05) is 5.32 Å². The summed E-state index contributed by atoms with van der Waals surface area (Å²) in [7, 11) is 0. The first-order valence-electron chi connectivity index (χ1n) is 6.69. The number of aromatic amines is 2. The average Bonchev–Trinajstić information content (AvgIpc) is 3.00. The molecule has 6 heteroatoms. The minimum atomic E-state index is -0.255. The Morgan fingerprint density at radius 3 is 2.71 bits per heavy atom. The van der Waals surface area contributed by atoms with E-state index >= 15 is 0 Å². The molecule has 0 aliphatic rings. The summed E-state index contributed by atoms with van der Waals surface area (Å²) in [6.45, 7) is 4.10. The Bertz CT molecular complexity index is 873. The number of imidazole rings is 1. The van der Waals surface area contributed by atoms with Crippen LogP contribution in [0.25, 0.3) is 11.0 Å². The number of aryl methyl sites for hydroxylation is 2. The highest BCUT2D eigenvalue weighted by atomic mass is 32.1. The lowest BCUT2D eigenvalue weighted by molar-refractivity contribution is 0.103. The summed E-state index contributed by atoms with van der Waals surface area (Å²) in [4.78, 5) is 30.7. The molecule has 1 aromatic carbocycles. The largest absolute Gasteiger partial charge is 0.323 e. The predicted octanol–water partition coefficient (Wildman–Crippen LogP) is 3.04. The Hall–Kier alpha value is -2.34. The van der Waals surface area contributed by atoms with Gasteiger partial charge in [-0.3, -0.25) is 4.79 Å². The minimum absolute atomic E-state index is 0.125. The fourth-order valence-corrected chi connectivity index (χ4v) is 3.29. The molecule has 0 unspecified atom stereocenters. The van der Waals surface area contributed by atoms with Gasteiger partial charge in [-0.05, 0) is 43.2 Å². The monoisotopic (exact) mass is 301 g/mol. The van der Waals surface area contributed by atoms with Gasteiger partial charge in [-0.2, -0.15) is 0 Å². The van der Waals surface area contributed by atoms with Crippen LogP contribution in [0.15, 0.2) is 29.1 Å². The molecule has 3 rings (SSSR count). The lowest BCUT2D eigenvalue weighted by Crippen LogP contribution is -2.10. The SMILES string of the molecule is CCc1cc(C(=O)Nc2ccc3[nH]c(=O)[nH]c3c2)sc1C. The van der Waals surface area contributed by atoms with Crippen molar-refractivity contribution in [1.29, 1.82) is 0 Å². The number of hydrogen-bond donors (Lipinski definition) is 3. The van der Waals surface area contributed by atoms with Crippen molar-refractivity contribution in [3.05, 3.63) is 50.1 Å². The van der Waals surface area contributed by atoms with E-state index < -0.39 is 0 Å². The van der Waals surface area contributed by atoms with Crippen molar-refractivity contribution in [2.45, 2.75) is 20.3 Å². The van der Waals surface area contributed by atoms with Crippen LogP contribution in [0.5, 0.6) is 0 Å².